The van der Waals surface area contributed by atoms with Crippen molar-refractivity contribution in [1.29, 1.82) is 0 Å². The molecule has 0 aliphatic carbocycles. The Morgan fingerprint density at radius 1 is 0.556 bits per heavy atom. The van der Waals surface area contributed by atoms with Gasteiger partial charge in [0.1, 0.15) is 0 Å². The van der Waals surface area contributed by atoms with Gasteiger partial charge in [-0.1, -0.05) is 0 Å². The molecule has 0 aromatic heterocycles. The van der Waals surface area contributed by atoms with Gasteiger partial charge in [0.15, 0.2) is 5.57 Å². The maximum absolute atomic E-state index is 12.2. The highest BCUT2D eigenvalue weighted by atomic mass is 19.4. The molecule has 0 heterocycles. The number of allylic oxidation sites excluding steroid dienone is 2. The molecule has 0 saturated heterocycles. The van der Waals surface area contributed by atoms with E-state index in [0.717, 1.165) is 0 Å². The zero-order valence-electron chi connectivity index (χ0n) is 7.54. The van der Waals surface area contributed by atoms with Crippen LogP contribution in [0.1, 0.15) is 0 Å². The van der Waals surface area contributed by atoms with Crippen molar-refractivity contribution in [3.63, 3.8) is 0 Å². The van der Waals surface area contributed by atoms with E-state index in [-0.39, 0.29) is 0 Å². The Morgan fingerprint density at radius 2 is 0.889 bits per heavy atom. The molecular formula is C6F12. The van der Waals surface area contributed by atoms with Crippen LogP contribution in [0, 0.1) is 0 Å². The van der Waals surface area contributed by atoms with Gasteiger partial charge in [-0.15, -0.1) is 0 Å². The van der Waals surface area contributed by atoms with Crippen LogP contribution in [0.5, 0.6) is 0 Å². The van der Waals surface area contributed by atoms with Gasteiger partial charge in [0.05, 0.1) is 0 Å². The minimum atomic E-state index is -7.03. The highest BCUT2D eigenvalue weighted by Gasteiger charge is 2.69. The van der Waals surface area contributed by atoms with Crippen LogP contribution in [-0.2, 0) is 0 Å². The molecule has 0 atom stereocenters. The lowest BCUT2D eigenvalue weighted by Crippen LogP contribution is -2.45. The van der Waals surface area contributed by atoms with Gasteiger partial charge in [0.25, 0.3) is 0 Å². The predicted molar refractivity (Wildman–Crippen MR) is 31.2 cm³/mol. The molecule has 12 heteroatoms. The summed E-state index contributed by atoms with van der Waals surface area (Å²) in [5.74, 6) is -11.6. The monoisotopic (exact) mass is 300 g/mol. The molecule has 0 aliphatic rings. The molecule has 0 fully saturated rings. The first-order chi connectivity index (χ1) is 7.53. The summed E-state index contributed by atoms with van der Waals surface area (Å²) in [7, 11) is 0. The van der Waals surface area contributed by atoms with E-state index in [1.54, 1.807) is 0 Å². The first-order valence-electron chi connectivity index (χ1n) is 3.52. The van der Waals surface area contributed by atoms with Crippen LogP contribution in [0.2, 0.25) is 0 Å². The molecule has 0 aromatic carbocycles. The average Bonchev–Trinajstić information content (AvgIpc) is 1.95. The molecule has 0 bridgehead atoms. The first kappa shape index (κ1) is 16.9. The van der Waals surface area contributed by atoms with Crippen LogP contribution in [0.3, 0.4) is 0 Å². The van der Waals surface area contributed by atoms with E-state index in [4.69, 9.17) is 0 Å². The molecule has 0 aromatic rings. The second-order valence-corrected chi connectivity index (χ2v) is 2.76. The van der Waals surface area contributed by atoms with E-state index in [1.807, 2.05) is 0 Å². The zero-order valence-corrected chi connectivity index (χ0v) is 7.54. The molecule has 108 valence electrons. The van der Waals surface area contributed by atoms with Crippen molar-refractivity contribution >= 4 is 0 Å². The molecule has 0 nitrogen and oxygen atoms in total. The summed E-state index contributed by atoms with van der Waals surface area (Å²) >= 11 is 0. The van der Waals surface area contributed by atoms with E-state index >= 15 is 0 Å². The summed E-state index contributed by atoms with van der Waals surface area (Å²) in [6.07, 6.45) is -20.5. The molecule has 0 rings (SSSR count). The highest BCUT2D eigenvalue weighted by molar-refractivity contribution is 5.27. The van der Waals surface area contributed by atoms with Gasteiger partial charge in [-0.3, -0.25) is 0 Å². The smallest absolute Gasteiger partial charge is 0.201 e. The van der Waals surface area contributed by atoms with Gasteiger partial charge in [-0.2, -0.15) is 48.3 Å². The number of hydrogen-bond acceptors (Lipinski definition) is 0. The Morgan fingerprint density at radius 3 is 1.06 bits per heavy atom. The molecule has 0 N–H and O–H groups in total. The van der Waals surface area contributed by atoms with Crippen LogP contribution in [0.15, 0.2) is 11.4 Å². The van der Waals surface area contributed by atoms with Crippen molar-refractivity contribution in [2.24, 2.45) is 0 Å². The van der Waals surface area contributed by atoms with Crippen molar-refractivity contribution in [3.05, 3.63) is 11.4 Å². The summed E-state index contributed by atoms with van der Waals surface area (Å²) in [4.78, 5) is 0. The standard InChI is InChI=1S/C6F12/c7-2(5(13,14)15)1(4(10,11)12)3(8,9)6(16,17)18. The molecule has 0 amide bonds. The topological polar surface area (TPSA) is 0 Å². The Kier molecular flexibility index (Phi) is 3.97. The van der Waals surface area contributed by atoms with E-state index in [0.29, 0.717) is 0 Å². The molecule has 0 spiro atoms. The lowest BCUT2D eigenvalue weighted by atomic mass is 10.1. The van der Waals surface area contributed by atoms with Gasteiger partial charge >= 0.3 is 24.5 Å². The lowest BCUT2D eigenvalue weighted by Gasteiger charge is -2.25. The fraction of sp³-hybridized carbons (Fsp3) is 0.667. The number of rotatable bonds is 1. The Labute approximate surface area is 89.9 Å². The third-order valence-corrected chi connectivity index (χ3v) is 1.42. The second-order valence-electron chi connectivity index (χ2n) is 2.76. The summed E-state index contributed by atoms with van der Waals surface area (Å²) in [5.41, 5.74) is -4.63. The second kappa shape index (κ2) is 4.23. The minimum absolute atomic E-state index is 4.54. The average molecular weight is 300 g/mol. The van der Waals surface area contributed by atoms with Crippen LogP contribution < -0.4 is 0 Å². The van der Waals surface area contributed by atoms with E-state index in [1.165, 1.54) is 0 Å². The molecular weight excluding hydrogens is 300 g/mol. The van der Waals surface area contributed by atoms with E-state index < -0.39 is 35.9 Å². The van der Waals surface area contributed by atoms with Crippen LogP contribution in [0.25, 0.3) is 0 Å². The Hall–Kier alpha value is -1.10. The Balaban J connectivity index is 6.18. The van der Waals surface area contributed by atoms with E-state index in [9.17, 15) is 52.7 Å². The fourth-order valence-electron chi connectivity index (χ4n) is 0.724. The maximum atomic E-state index is 12.2. The minimum Gasteiger partial charge on any atom is -0.201 e. The highest BCUT2D eigenvalue weighted by Crippen LogP contribution is 2.51. The van der Waals surface area contributed by atoms with Crippen molar-refractivity contribution in [3.8, 4) is 0 Å². The van der Waals surface area contributed by atoms with Crippen LogP contribution >= 0.6 is 0 Å². The fourth-order valence-corrected chi connectivity index (χ4v) is 0.724. The number of halogens is 12. The summed E-state index contributed by atoms with van der Waals surface area (Å²) < 4.78 is 141. The van der Waals surface area contributed by atoms with E-state index in [2.05, 4.69) is 0 Å². The SMILES string of the molecule is FC(=C(C(F)(F)F)C(F)(F)C(F)(F)F)C(F)(F)F. The zero-order chi connectivity index (χ0) is 15.2. The molecule has 0 unspecified atom stereocenters. The largest absolute Gasteiger partial charge is 0.458 e. The Bertz CT molecular complexity index is 335. The van der Waals surface area contributed by atoms with Gasteiger partial charge < -0.3 is 0 Å². The lowest BCUT2D eigenvalue weighted by molar-refractivity contribution is -0.284. The summed E-state index contributed by atoms with van der Waals surface area (Å²) in [5, 5.41) is 0. The molecule has 18 heavy (non-hydrogen) atoms. The van der Waals surface area contributed by atoms with Crippen LogP contribution in [-0.4, -0.2) is 24.5 Å². The van der Waals surface area contributed by atoms with Crippen molar-refractivity contribution in [2.45, 2.75) is 24.5 Å². The number of alkyl halides is 11. The van der Waals surface area contributed by atoms with Gasteiger partial charge in [-0.05, 0) is 0 Å². The third-order valence-electron chi connectivity index (χ3n) is 1.42. The normalized spacial score (nSPS) is 16.7. The van der Waals surface area contributed by atoms with Crippen molar-refractivity contribution in [1.82, 2.24) is 0 Å². The molecule has 0 radical (unpaired) electrons. The summed E-state index contributed by atoms with van der Waals surface area (Å²) in [6, 6.07) is 0. The predicted octanol–water partition coefficient (Wildman–Crippen LogP) is 4.53. The van der Waals surface area contributed by atoms with Crippen molar-refractivity contribution < 1.29 is 52.7 Å². The van der Waals surface area contributed by atoms with Gasteiger partial charge in [0, 0.05) is 0 Å². The summed E-state index contributed by atoms with van der Waals surface area (Å²) in [6.45, 7) is 0. The van der Waals surface area contributed by atoms with Gasteiger partial charge in [0.2, 0.25) is 5.83 Å². The first-order valence-corrected chi connectivity index (χ1v) is 3.52. The van der Waals surface area contributed by atoms with Gasteiger partial charge in [-0.25, -0.2) is 4.39 Å². The van der Waals surface area contributed by atoms with Crippen LogP contribution in [0.4, 0.5) is 52.7 Å². The maximum Gasteiger partial charge on any atom is 0.458 e. The van der Waals surface area contributed by atoms with Crippen molar-refractivity contribution in [2.75, 3.05) is 0 Å². The number of hydrogen-bond donors (Lipinski definition) is 0. The third kappa shape index (κ3) is 3.22. The quantitative estimate of drug-likeness (QED) is 0.624. The molecule has 0 aliphatic heterocycles. The molecule has 0 saturated carbocycles.